The van der Waals surface area contributed by atoms with Gasteiger partial charge in [-0.15, -0.1) is 0 Å². The van der Waals surface area contributed by atoms with E-state index < -0.39 is 157 Å². The van der Waals surface area contributed by atoms with E-state index in [0.717, 1.165) is 37.7 Å². The van der Waals surface area contributed by atoms with Crippen LogP contribution in [0.2, 0.25) is 0 Å². The van der Waals surface area contributed by atoms with Crippen LogP contribution in [0.3, 0.4) is 0 Å². The second kappa shape index (κ2) is 38.3. The summed E-state index contributed by atoms with van der Waals surface area (Å²) in [5.74, 6) is -4.95. The maximum Gasteiger partial charge on any atom is 0.338 e. The molecule has 0 bridgehead atoms. The molecule has 24 heteroatoms. The first-order valence-electron chi connectivity index (χ1n) is 44.3. The third kappa shape index (κ3) is 18.3. The van der Waals surface area contributed by atoms with Crippen molar-refractivity contribution >= 4 is 41.8 Å². The zero-order valence-corrected chi connectivity index (χ0v) is 71.8. The summed E-state index contributed by atoms with van der Waals surface area (Å²) in [6.07, 6.45) is -18.1. The van der Waals surface area contributed by atoms with E-state index in [1.54, 1.807) is 208 Å². The highest BCUT2D eigenvalue weighted by molar-refractivity contribution is 5.93. The lowest BCUT2D eigenvalue weighted by molar-refractivity contribution is -0.391. The van der Waals surface area contributed by atoms with Gasteiger partial charge in [0.15, 0.2) is 61.3 Å². The molecule has 662 valence electrons. The molecule has 28 atom stereocenters. The standard InChI is InChI=1S/C102H110O24/c1-60-48-53-102(112-57-60)61(2)80-78(126-102)56-75-73-55-77(116-90(103)65-34-18-9-19-35-65)76-54-72(49-51-100(76,5)74(73)50-52-101(75,80)6)115-99-87(125-98-89(123-96(109)71-46-30-15-31-47-71)86(121-94(107)69-42-26-13-27-43-69)82(63(4)114-98)119-92(105)67-38-22-11-23-39-67)84(110-7)83(79(117-99)59-111-58-64-32-16-8-17-33-64)124-97-88(122-95(108)70-44-28-14-29-45-70)85(120-93(106)68-40-24-12-25-41-68)81(62(3)113-97)118-91(104)66-36-20-10-21-37-66/h8-47,60-63,72-89,97-99H,48-59H2,1-7H3/t60-,61+,62+,63+,72+,73-,74+,75+,76-,77+,78+,79-,80+,81+,82+,83-,84+,85-,86-,87-,88-,89-,97+,98+,99-,100-,101+,102-/m1/s1. The molecule has 0 N–H and O–H groups in total. The van der Waals surface area contributed by atoms with Gasteiger partial charge >= 0.3 is 41.8 Å². The van der Waals surface area contributed by atoms with E-state index in [0.29, 0.717) is 43.8 Å². The predicted molar refractivity (Wildman–Crippen MR) is 455 cm³/mol. The van der Waals surface area contributed by atoms with Gasteiger partial charge in [0.2, 0.25) is 0 Å². The first-order valence-corrected chi connectivity index (χ1v) is 44.3. The number of methoxy groups -OCH3 is 1. The minimum atomic E-state index is -1.83. The summed E-state index contributed by atoms with van der Waals surface area (Å²) in [5, 5.41) is 0. The first-order chi connectivity index (χ1) is 61.1. The molecule has 17 rings (SSSR count). The van der Waals surface area contributed by atoms with Crippen molar-refractivity contribution in [3.05, 3.63) is 287 Å². The van der Waals surface area contributed by atoms with Gasteiger partial charge in [0, 0.05) is 25.4 Å². The quantitative estimate of drug-likeness (QED) is 0.0292. The van der Waals surface area contributed by atoms with Gasteiger partial charge in [0.1, 0.15) is 30.5 Å². The molecular weight excluding hydrogens is 1610 g/mol. The van der Waals surface area contributed by atoms with Crippen molar-refractivity contribution in [1.29, 1.82) is 0 Å². The van der Waals surface area contributed by atoms with E-state index in [9.17, 15) is 24.0 Å². The molecule has 126 heavy (non-hydrogen) atoms. The summed E-state index contributed by atoms with van der Waals surface area (Å²) in [5.41, 5.74) is 1.44. The lowest BCUT2D eigenvalue weighted by Gasteiger charge is -2.63. The molecule has 8 aromatic carbocycles. The molecule has 8 aromatic rings. The molecule has 1 spiro atoms. The van der Waals surface area contributed by atoms with Gasteiger partial charge < -0.3 is 80.5 Å². The van der Waals surface area contributed by atoms with Crippen LogP contribution in [-0.4, -0.2) is 178 Å². The Kier molecular flexibility index (Phi) is 26.7. The highest BCUT2D eigenvalue weighted by Gasteiger charge is 2.71. The van der Waals surface area contributed by atoms with Crippen molar-refractivity contribution in [2.24, 2.45) is 52.3 Å². The van der Waals surface area contributed by atoms with Gasteiger partial charge in [-0.2, -0.15) is 0 Å². The van der Waals surface area contributed by atoms with Crippen LogP contribution in [0, 0.1) is 52.3 Å². The summed E-state index contributed by atoms with van der Waals surface area (Å²) < 4.78 is 118. The number of hydrogen-bond donors (Lipinski definition) is 0. The summed E-state index contributed by atoms with van der Waals surface area (Å²) in [7, 11) is 1.42. The highest BCUT2D eigenvalue weighted by atomic mass is 16.8. The summed E-state index contributed by atoms with van der Waals surface area (Å²) in [6.45, 7) is 13.1. The molecular formula is C102H110O24. The average molecular weight is 1720 g/mol. The average Bonchev–Trinajstić information content (AvgIpc) is 1.51. The number of fused-ring (bicyclic) bond motifs is 7. The van der Waals surface area contributed by atoms with E-state index in [-0.39, 0.29) is 93.6 Å². The van der Waals surface area contributed by atoms with Crippen LogP contribution < -0.4 is 0 Å². The molecule has 9 aliphatic rings. The SMILES string of the molecule is CO[C@@H]1[C@@H](O[C@@H]2O[C@@H](C)[C@H](OC(=O)c3ccccc3)[C@@H](OC(=O)c3ccccc3)[C@H]2OC(=O)c2ccccc2)[C@H](O[C@H]2CC[C@@]3(C)[C@H](C2)[C@@H](OC(=O)c2ccccc2)C[C@@H]2[C@@H]3CC[C@]3(C)[C@@H]4[C@H](C[C@@H]23)O[C@]2(CC[C@@H](C)CO2)[C@H]4C)O[C@H](COCc2ccccc2)[C@H]1O[C@@H]1O[C@@H](C)[C@H](OC(=O)c2ccccc2)[C@@H](OC(=O)c2ccccc2)[C@H]1OC(=O)c1ccccc1. The maximum absolute atomic E-state index is 15.2. The number of carbonyl (C=O) groups is 7. The minimum absolute atomic E-state index is 0.0199. The van der Waals surface area contributed by atoms with E-state index in [1.807, 2.05) is 48.5 Å². The zero-order valence-electron chi connectivity index (χ0n) is 71.8. The van der Waals surface area contributed by atoms with Crippen molar-refractivity contribution in [1.82, 2.24) is 0 Å². The first kappa shape index (κ1) is 87.7. The number of carbonyl (C=O) groups excluding carboxylic acids is 7. The molecule has 4 aliphatic carbocycles. The topological polar surface area (TPSA) is 276 Å². The Morgan fingerprint density at radius 1 is 0.373 bits per heavy atom. The molecule has 24 nitrogen and oxygen atoms in total. The van der Waals surface area contributed by atoms with Crippen LogP contribution in [0.4, 0.5) is 0 Å². The Labute approximate surface area is 734 Å². The van der Waals surface area contributed by atoms with Crippen LogP contribution in [0.5, 0.6) is 0 Å². The molecule has 5 aliphatic heterocycles. The fourth-order valence-corrected chi connectivity index (χ4v) is 22.0. The fraction of sp³-hybridized carbons (Fsp3) is 0.461. The summed E-state index contributed by atoms with van der Waals surface area (Å²) in [4.78, 5) is 104. The van der Waals surface area contributed by atoms with Gasteiger partial charge in [-0.25, -0.2) is 33.6 Å². The molecule has 5 saturated heterocycles. The van der Waals surface area contributed by atoms with Crippen LogP contribution in [-0.2, 0) is 87.1 Å². The van der Waals surface area contributed by atoms with Gasteiger partial charge in [0.05, 0.1) is 83.2 Å². The summed E-state index contributed by atoms with van der Waals surface area (Å²) in [6, 6.07) is 67.5. The van der Waals surface area contributed by atoms with Gasteiger partial charge in [-0.3, -0.25) is 0 Å². The molecule has 0 unspecified atom stereocenters. The zero-order chi connectivity index (χ0) is 87.4. The number of hydrogen-bond acceptors (Lipinski definition) is 24. The molecule has 0 radical (unpaired) electrons. The third-order valence-corrected chi connectivity index (χ3v) is 28.3. The number of rotatable bonds is 25. The molecule has 9 fully saturated rings. The number of benzene rings is 8. The third-order valence-electron chi connectivity index (χ3n) is 28.3. The lowest BCUT2D eigenvalue weighted by Crippen LogP contribution is -2.68. The van der Waals surface area contributed by atoms with Gasteiger partial charge in [-0.1, -0.05) is 185 Å². The molecule has 4 saturated carbocycles. The Hall–Kier alpha value is -10.4. The van der Waals surface area contributed by atoms with Crippen molar-refractivity contribution in [2.45, 2.75) is 222 Å². The second-order valence-corrected chi connectivity index (χ2v) is 35.9. The van der Waals surface area contributed by atoms with Crippen LogP contribution >= 0.6 is 0 Å². The minimum Gasteiger partial charge on any atom is -0.458 e. The Bertz CT molecular complexity index is 5030. The second-order valence-electron chi connectivity index (χ2n) is 35.9. The Balaban J connectivity index is 0.772. The number of ether oxygens (including phenoxy) is 17. The van der Waals surface area contributed by atoms with Crippen molar-refractivity contribution < 1.29 is 114 Å². The van der Waals surface area contributed by atoms with Crippen molar-refractivity contribution in [3.8, 4) is 0 Å². The Morgan fingerprint density at radius 3 is 1.20 bits per heavy atom. The smallest absolute Gasteiger partial charge is 0.338 e. The Morgan fingerprint density at radius 2 is 0.770 bits per heavy atom. The van der Waals surface area contributed by atoms with Crippen LogP contribution in [0.15, 0.2) is 243 Å². The van der Waals surface area contributed by atoms with Crippen molar-refractivity contribution in [2.75, 3.05) is 20.3 Å². The lowest BCUT2D eigenvalue weighted by atomic mass is 9.43. The maximum atomic E-state index is 15.2. The van der Waals surface area contributed by atoms with E-state index in [1.165, 1.54) is 7.11 Å². The van der Waals surface area contributed by atoms with Gasteiger partial charge in [-0.05, 0) is 196 Å². The largest absolute Gasteiger partial charge is 0.458 e. The fourth-order valence-electron chi connectivity index (χ4n) is 22.0. The highest BCUT2D eigenvalue weighted by Crippen LogP contribution is 2.72. The van der Waals surface area contributed by atoms with E-state index in [4.69, 9.17) is 80.5 Å². The number of esters is 7. The normalized spacial score (nSPS) is 34.9. The molecule has 0 aromatic heterocycles. The van der Waals surface area contributed by atoms with Crippen molar-refractivity contribution in [3.63, 3.8) is 0 Å². The molecule has 5 heterocycles. The predicted octanol–water partition coefficient (Wildman–Crippen LogP) is 16.2. The van der Waals surface area contributed by atoms with Crippen LogP contribution in [0.25, 0.3) is 0 Å². The monoisotopic (exact) mass is 1720 g/mol. The molecule has 0 amide bonds. The van der Waals surface area contributed by atoms with E-state index >= 15 is 9.59 Å². The van der Waals surface area contributed by atoms with Crippen LogP contribution in [0.1, 0.15) is 177 Å². The summed E-state index contributed by atoms with van der Waals surface area (Å²) >= 11 is 0. The van der Waals surface area contributed by atoms with E-state index in [2.05, 4.69) is 27.7 Å². The van der Waals surface area contributed by atoms with Gasteiger partial charge in [0.25, 0.3) is 0 Å².